The Bertz CT molecular complexity index is 674. The van der Waals surface area contributed by atoms with Crippen molar-refractivity contribution < 1.29 is 13.5 Å². The molecule has 0 bridgehead atoms. The molecule has 0 aliphatic carbocycles. The average molecular weight is 304 g/mol. The van der Waals surface area contributed by atoms with Crippen LogP contribution in [0.1, 0.15) is 29.7 Å². The molecule has 0 saturated carbocycles. The Morgan fingerprint density at radius 1 is 1.00 bits per heavy atom. The first kappa shape index (κ1) is 15.7. The van der Waals surface area contributed by atoms with Gasteiger partial charge in [-0.1, -0.05) is 48.0 Å². The van der Waals surface area contributed by atoms with E-state index >= 15 is 0 Å². The van der Waals surface area contributed by atoms with E-state index in [2.05, 4.69) is 0 Å². The van der Waals surface area contributed by atoms with Crippen molar-refractivity contribution in [2.24, 2.45) is 0 Å². The van der Waals surface area contributed by atoms with Crippen molar-refractivity contribution in [3.63, 3.8) is 0 Å². The van der Waals surface area contributed by atoms with Gasteiger partial charge in [0.15, 0.2) is 9.84 Å². The molecule has 21 heavy (non-hydrogen) atoms. The molecule has 0 aliphatic rings. The van der Waals surface area contributed by atoms with E-state index in [1.54, 1.807) is 37.3 Å². The van der Waals surface area contributed by atoms with Crippen LogP contribution in [0.2, 0.25) is 0 Å². The number of sulfone groups is 1. The maximum absolute atomic E-state index is 12.8. The fourth-order valence-electron chi connectivity index (χ4n) is 2.31. The van der Waals surface area contributed by atoms with E-state index < -0.39 is 21.2 Å². The Hall–Kier alpha value is -1.65. The lowest BCUT2D eigenvalue weighted by atomic mass is 10.1. The summed E-state index contributed by atoms with van der Waals surface area (Å²) in [4.78, 5) is 0.288. The number of hydrogen-bond acceptors (Lipinski definition) is 3. The first-order chi connectivity index (χ1) is 9.91. The van der Waals surface area contributed by atoms with Crippen LogP contribution in [0, 0.1) is 6.92 Å². The van der Waals surface area contributed by atoms with Gasteiger partial charge in [0.2, 0.25) is 0 Å². The van der Waals surface area contributed by atoms with Crippen LogP contribution in [0.15, 0.2) is 59.5 Å². The van der Waals surface area contributed by atoms with Crippen molar-refractivity contribution in [2.45, 2.75) is 36.5 Å². The molecular formula is C17H20O3S. The second-order valence-electron chi connectivity index (χ2n) is 5.34. The predicted octanol–water partition coefficient (Wildman–Crippen LogP) is 3.28. The highest BCUT2D eigenvalue weighted by Crippen LogP contribution is 2.32. The number of aryl methyl sites for hydroxylation is 1. The summed E-state index contributed by atoms with van der Waals surface area (Å²) >= 11 is 0. The number of rotatable bonds is 5. The fourth-order valence-corrected chi connectivity index (χ4v) is 4.22. The SMILES string of the molecule is Cc1ccc(C(CC(C)O)S(=O)(=O)c2ccccc2)cc1. The van der Waals surface area contributed by atoms with Crippen LogP contribution >= 0.6 is 0 Å². The maximum atomic E-state index is 12.8. The Morgan fingerprint density at radius 2 is 1.57 bits per heavy atom. The highest BCUT2D eigenvalue weighted by Gasteiger charge is 2.30. The summed E-state index contributed by atoms with van der Waals surface area (Å²) in [6.07, 6.45) is -0.505. The summed E-state index contributed by atoms with van der Waals surface area (Å²) < 4.78 is 25.7. The zero-order valence-corrected chi connectivity index (χ0v) is 13.0. The second kappa shape index (κ2) is 6.41. The van der Waals surface area contributed by atoms with E-state index in [0.29, 0.717) is 5.56 Å². The van der Waals surface area contributed by atoms with E-state index in [9.17, 15) is 13.5 Å². The van der Waals surface area contributed by atoms with E-state index in [4.69, 9.17) is 0 Å². The minimum atomic E-state index is -3.52. The van der Waals surface area contributed by atoms with E-state index in [1.165, 1.54) is 0 Å². The minimum Gasteiger partial charge on any atom is -0.393 e. The molecule has 3 nitrogen and oxygen atoms in total. The second-order valence-corrected chi connectivity index (χ2v) is 7.47. The van der Waals surface area contributed by atoms with Gasteiger partial charge in [0.25, 0.3) is 0 Å². The van der Waals surface area contributed by atoms with Gasteiger partial charge < -0.3 is 5.11 Å². The van der Waals surface area contributed by atoms with E-state index in [-0.39, 0.29) is 11.3 Å². The molecule has 2 rings (SSSR count). The van der Waals surface area contributed by atoms with Crippen LogP contribution < -0.4 is 0 Å². The van der Waals surface area contributed by atoms with Crippen molar-refractivity contribution in [3.8, 4) is 0 Å². The van der Waals surface area contributed by atoms with Crippen molar-refractivity contribution in [1.29, 1.82) is 0 Å². The first-order valence-electron chi connectivity index (χ1n) is 6.95. The Kier molecular flexibility index (Phi) is 4.80. The highest BCUT2D eigenvalue weighted by molar-refractivity contribution is 7.91. The quantitative estimate of drug-likeness (QED) is 0.922. The van der Waals surface area contributed by atoms with E-state index in [0.717, 1.165) is 5.56 Å². The molecule has 0 aliphatic heterocycles. The molecule has 0 heterocycles. The molecule has 0 saturated heterocycles. The number of aliphatic hydroxyl groups is 1. The molecule has 0 fully saturated rings. The molecule has 1 N–H and O–H groups in total. The first-order valence-corrected chi connectivity index (χ1v) is 8.49. The molecule has 0 radical (unpaired) electrons. The summed E-state index contributed by atoms with van der Waals surface area (Å²) in [5.41, 5.74) is 1.79. The van der Waals surface area contributed by atoms with Crippen LogP contribution in [0.4, 0.5) is 0 Å². The van der Waals surface area contributed by atoms with Gasteiger partial charge in [-0.25, -0.2) is 8.42 Å². The minimum absolute atomic E-state index is 0.181. The zero-order valence-electron chi connectivity index (χ0n) is 12.2. The number of hydrogen-bond donors (Lipinski definition) is 1. The molecule has 2 aromatic rings. The topological polar surface area (TPSA) is 54.4 Å². The van der Waals surface area contributed by atoms with Crippen molar-refractivity contribution in [2.75, 3.05) is 0 Å². The van der Waals surface area contributed by atoms with Gasteiger partial charge in [-0.05, 0) is 38.0 Å². The summed E-state index contributed by atoms with van der Waals surface area (Å²) in [7, 11) is -3.52. The third kappa shape index (κ3) is 3.71. The summed E-state index contributed by atoms with van der Waals surface area (Å²) in [5, 5.41) is 8.95. The fraction of sp³-hybridized carbons (Fsp3) is 0.294. The molecule has 0 spiro atoms. The predicted molar refractivity (Wildman–Crippen MR) is 83.8 cm³/mol. The summed E-state index contributed by atoms with van der Waals surface area (Å²) in [5.74, 6) is 0. The summed E-state index contributed by atoms with van der Waals surface area (Å²) in [6.45, 7) is 3.57. The lowest BCUT2D eigenvalue weighted by Crippen LogP contribution is -2.18. The average Bonchev–Trinajstić information content (AvgIpc) is 2.46. The van der Waals surface area contributed by atoms with Crippen LogP contribution in [-0.4, -0.2) is 19.6 Å². The molecule has 112 valence electrons. The van der Waals surface area contributed by atoms with Gasteiger partial charge in [-0.3, -0.25) is 0 Å². The van der Waals surface area contributed by atoms with Crippen LogP contribution in [0.25, 0.3) is 0 Å². The van der Waals surface area contributed by atoms with Gasteiger partial charge in [-0.2, -0.15) is 0 Å². The molecule has 0 aromatic heterocycles. The largest absolute Gasteiger partial charge is 0.393 e. The zero-order chi connectivity index (χ0) is 15.5. The van der Waals surface area contributed by atoms with Crippen LogP contribution in [0.5, 0.6) is 0 Å². The Morgan fingerprint density at radius 3 is 2.10 bits per heavy atom. The molecular weight excluding hydrogens is 284 g/mol. The van der Waals surface area contributed by atoms with Crippen molar-refractivity contribution in [1.82, 2.24) is 0 Å². The molecule has 0 amide bonds. The third-order valence-corrected chi connectivity index (χ3v) is 5.59. The molecule has 4 heteroatoms. The number of aliphatic hydroxyl groups excluding tert-OH is 1. The smallest absolute Gasteiger partial charge is 0.185 e. The maximum Gasteiger partial charge on any atom is 0.185 e. The third-order valence-electron chi connectivity index (χ3n) is 3.45. The van der Waals surface area contributed by atoms with Gasteiger partial charge in [0.05, 0.1) is 16.2 Å². The highest BCUT2D eigenvalue weighted by atomic mass is 32.2. The lowest BCUT2D eigenvalue weighted by molar-refractivity contribution is 0.182. The Balaban J connectivity index is 2.47. The standard InChI is InChI=1S/C17H20O3S/c1-13-8-10-15(11-9-13)17(12-14(2)18)21(19,20)16-6-4-3-5-7-16/h3-11,14,17-18H,12H2,1-2H3. The van der Waals surface area contributed by atoms with Gasteiger partial charge in [-0.15, -0.1) is 0 Å². The molecule has 2 unspecified atom stereocenters. The van der Waals surface area contributed by atoms with Crippen molar-refractivity contribution in [3.05, 3.63) is 65.7 Å². The van der Waals surface area contributed by atoms with Crippen LogP contribution in [-0.2, 0) is 9.84 Å². The van der Waals surface area contributed by atoms with Gasteiger partial charge in [0.1, 0.15) is 0 Å². The Labute approximate surface area is 126 Å². The lowest BCUT2D eigenvalue weighted by Gasteiger charge is -2.20. The van der Waals surface area contributed by atoms with Crippen LogP contribution in [0.3, 0.4) is 0 Å². The molecule has 2 atom stereocenters. The normalized spacial score (nSPS) is 14.6. The van der Waals surface area contributed by atoms with Crippen molar-refractivity contribution >= 4 is 9.84 Å². The number of benzene rings is 2. The van der Waals surface area contributed by atoms with Gasteiger partial charge >= 0.3 is 0 Å². The molecule has 2 aromatic carbocycles. The van der Waals surface area contributed by atoms with E-state index in [1.807, 2.05) is 31.2 Å². The monoisotopic (exact) mass is 304 g/mol. The van der Waals surface area contributed by atoms with Gasteiger partial charge in [0, 0.05) is 0 Å². The summed E-state index contributed by atoms with van der Waals surface area (Å²) in [6, 6.07) is 15.8.